The lowest BCUT2D eigenvalue weighted by Gasteiger charge is -2.13. The lowest BCUT2D eigenvalue weighted by Crippen LogP contribution is -2.03. The van der Waals surface area contributed by atoms with Crippen LogP contribution in [0.5, 0.6) is 0 Å². The number of rotatable bonds is 1. The smallest absolute Gasteiger partial charge is 0.344 e. The fourth-order valence-corrected chi connectivity index (χ4v) is 3.43. The Bertz CT molecular complexity index is 1120. The van der Waals surface area contributed by atoms with Gasteiger partial charge in [0.1, 0.15) is 5.58 Å². The molecule has 114 valence electrons. The van der Waals surface area contributed by atoms with Crippen LogP contribution in [-0.4, -0.2) is 0 Å². The van der Waals surface area contributed by atoms with Crippen molar-refractivity contribution in [2.24, 2.45) is 0 Å². The summed E-state index contributed by atoms with van der Waals surface area (Å²) in [4.78, 5) is 12.6. The molecule has 1 aromatic heterocycles. The summed E-state index contributed by atoms with van der Waals surface area (Å²) in [6.07, 6.45) is 0. The minimum atomic E-state index is -0.259. The molecule has 0 saturated heterocycles. The lowest BCUT2D eigenvalue weighted by atomic mass is 9.93. The van der Waals surface area contributed by atoms with Crippen LogP contribution in [0.15, 0.2) is 57.7 Å². The quantitative estimate of drug-likeness (QED) is 0.342. The maximum atomic E-state index is 12.6. The third-order valence-corrected chi connectivity index (χ3v) is 4.61. The van der Waals surface area contributed by atoms with Crippen LogP contribution in [0.1, 0.15) is 30.9 Å². The third-order valence-electron chi connectivity index (χ3n) is 4.61. The average Bonchev–Trinajstić information content (AvgIpc) is 2.54. The number of fused-ring (bicyclic) bond motifs is 5. The van der Waals surface area contributed by atoms with Crippen molar-refractivity contribution in [1.82, 2.24) is 0 Å². The first-order valence-corrected chi connectivity index (χ1v) is 7.95. The fraction of sp³-hybridized carbons (Fsp3) is 0.190. The molecular formula is C21H18O2. The van der Waals surface area contributed by atoms with Crippen molar-refractivity contribution in [3.05, 3.63) is 70.1 Å². The molecule has 3 aromatic carbocycles. The normalized spacial score (nSPS) is 11.8. The van der Waals surface area contributed by atoms with E-state index in [2.05, 4.69) is 45.0 Å². The summed E-state index contributed by atoms with van der Waals surface area (Å²) < 4.78 is 5.74. The maximum absolute atomic E-state index is 12.6. The first-order valence-electron chi connectivity index (χ1n) is 7.95. The zero-order valence-corrected chi connectivity index (χ0v) is 13.5. The molecule has 23 heavy (non-hydrogen) atoms. The predicted octanol–water partition coefficient (Wildman–Crippen LogP) is 5.53. The molecule has 0 N–H and O–H groups in total. The molecule has 0 radical (unpaired) electrons. The largest absolute Gasteiger partial charge is 0.422 e. The van der Waals surface area contributed by atoms with Crippen LogP contribution in [0.25, 0.3) is 32.5 Å². The van der Waals surface area contributed by atoms with Gasteiger partial charge in [-0.05, 0) is 40.8 Å². The molecule has 1 heterocycles. The molecule has 0 aliphatic carbocycles. The van der Waals surface area contributed by atoms with E-state index >= 15 is 0 Å². The maximum Gasteiger partial charge on any atom is 0.344 e. The molecule has 0 amide bonds. The summed E-state index contributed by atoms with van der Waals surface area (Å²) in [6.45, 7) is 6.32. The first-order chi connectivity index (χ1) is 11.1. The number of benzene rings is 3. The van der Waals surface area contributed by atoms with Crippen LogP contribution in [0.2, 0.25) is 0 Å². The van der Waals surface area contributed by atoms with Gasteiger partial charge in [-0.15, -0.1) is 0 Å². The monoisotopic (exact) mass is 302 g/mol. The van der Waals surface area contributed by atoms with Gasteiger partial charge in [-0.25, -0.2) is 4.79 Å². The van der Waals surface area contributed by atoms with E-state index in [1.54, 1.807) is 0 Å². The van der Waals surface area contributed by atoms with E-state index in [0.29, 0.717) is 11.3 Å². The standard InChI is InChI=1S/C21H18O2/c1-12(2)15-10-8-13(3)18-19-16-7-5-4-6-14(16)9-11-17(19)21(22)23-20(15)18/h4-12H,1-3H3. The molecule has 4 rings (SSSR count). The molecule has 0 atom stereocenters. The fourth-order valence-electron chi connectivity index (χ4n) is 3.43. The van der Waals surface area contributed by atoms with Crippen LogP contribution >= 0.6 is 0 Å². The molecule has 0 aliphatic heterocycles. The van der Waals surface area contributed by atoms with Gasteiger partial charge in [-0.2, -0.15) is 0 Å². The minimum absolute atomic E-state index is 0.259. The van der Waals surface area contributed by atoms with Crippen LogP contribution in [0.4, 0.5) is 0 Å². The SMILES string of the molecule is Cc1ccc(C(C)C)c2oc(=O)c3ccc4ccccc4c3c12. The van der Waals surface area contributed by atoms with Gasteiger partial charge in [0.25, 0.3) is 0 Å². The van der Waals surface area contributed by atoms with Crippen LogP contribution in [0.3, 0.4) is 0 Å². The highest BCUT2D eigenvalue weighted by Gasteiger charge is 2.16. The second kappa shape index (κ2) is 4.95. The van der Waals surface area contributed by atoms with Crippen LogP contribution < -0.4 is 5.63 Å². The van der Waals surface area contributed by atoms with Crippen LogP contribution in [0, 0.1) is 6.92 Å². The van der Waals surface area contributed by atoms with Crippen molar-refractivity contribution in [2.75, 3.05) is 0 Å². The van der Waals surface area contributed by atoms with E-state index in [9.17, 15) is 4.79 Å². The van der Waals surface area contributed by atoms with Gasteiger partial charge in [-0.3, -0.25) is 0 Å². The van der Waals surface area contributed by atoms with Crippen molar-refractivity contribution in [1.29, 1.82) is 0 Å². The molecule has 0 saturated carbocycles. The second-order valence-electron chi connectivity index (χ2n) is 6.43. The van der Waals surface area contributed by atoms with E-state index in [1.807, 2.05) is 24.3 Å². The Hall–Kier alpha value is -2.61. The van der Waals surface area contributed by atoms with Gasteiger partial charge in [0.2, 0.25) is 0 Å². The van der Waals surface area contributed by atoms with E-state index in [4.69, 9.17) is 4.42 Å². The molecule has 0 bridgehead atoms. The third kappa shape index (κ3) is 1.98. The van der Waals surface area contributed by atoms with E-state index in [0.717, 1.165) is 38.3 Å². The molecule has 0 unspecified atom stereocenters. The van der Waals surface area contributed by atoms with Gasteiger partial charge in [0.05, 0.1) is 5.39 Å². The summed E-state index contributed by atoms with van der Waals surface area (Å²) in [5, 5.41) is 4.96. The van der Waals surface area contributed by atoms with Gasteiger partial charge in [0.15, 0.2) is 0 Å². The second-order valence-corrected chi connectivity index (χ2v) is 6.43. The Labute approximate surface area is 134 Å². The molecule has 0 spiro atoms. The molecule has 0 aliphatic rings. The Kier molecular flexibility index (Phi) is 3.02. The Morgan fingerprint density at radius 3 is 2.43 bits per heavy atom. The van der Waals surface area contributed by atoms with Crippen molar-refractivity contribution >= 4 is 32.5 Å². The Balaban J connectivity index is 2.39. The van der Waals surface area contributed by atoms with Crippen molar-refractivity contribution in [2.45, 2.75) is 26.7 Å². The summed E-state index contributed by atoms with van der Waals surface area (Å²) >= 11 is 0. The highest BCUT2D eigenvalue weighted by molar-refractivity contribution is 6.19. The molecule has 4 aromatic rings. The predicted molar refractivity (Wildman–Crippen MR) is 96.3 cm³/mol. The van der Waals surface area contributed by atoms with Crippen molar-refractivity contribution < 1.29 is 4.42 Å². The van der Waals surface area contributed by atoms with E-state index in [-0.39, 0.29) is 5.63 Å². The topological polar surface area (TPSA) is 30.2 Å². The van der Waals surface area contributed by atoms with Gasteiger partial charge in [0, 0.05) is 10.8 Å². The van der Waals surface area contributed by atoms with Crippen molar-refractivity contribution in [3.63, 3.8) is 0 Å². The highest BCUT2D eigenvalue weighted by Crippen LogP contribution is 2.35. The number of hydrogen-bond acceptors (Lipinski definition) is 2. The lowest BCUT2D eigenvalue weighted by molar-refractivity contribution is 0.562. The molecule has 0 fully saturated rings. The molecule has 2 nitrogen and oxygen atoms in total. The minimum Gasteiger partial charge on any atom is -0.422 e. The zero-order valence-electron chi connectivity index (χ0n) is 13.5. The van der Waals surface area contributed by atoms with Gasteiger partial charge >= 0.3 is 5.63 Å². The molecule has 2 heteroatoms. The molecular weight excluding hydrogens is 284 g/mol. The van der Waals surface area contributed by atoms with Gasteiger partial charge in [-0.1, -0.05) is 56.3 Å². The summed E-state index contributed by atoms with van der Waals surface area (Å²) in [5.74, 6) is 0.300. The average molecular weight is 302 g/mol. The summed E-state index contributed by atoms with van der Waals surface area (Å²) in [7, 11) is 0. The van der Waals surface area contributed by atoms with Crippen LogP contribution in [-0.2, 0) is 0 Å². The van der Waals surface area contributed by atoms with E-state index < -0.39 is 0 Å². The number of hydrogen-bond donors (Lipinski definition) is 0. The Morgan fingerprint density at radius 1 is 0.870 bits per heavy atom. The van der Waals surface area contributed by atoms with E-state index in [1.165, 1.54) is 0 Å². The summed E-state index contributed by atoms with van der Waals surface area (Å²) in [6, 6.07) is 16.3. The Morgan fingerprint density at radius 2 is 1.65 bits per heavy atom. The summed E-state index contributed by atoms with van der Waals surface area (Å²) in [5.41, 5.74) is 2.69. The first kappa shape index (κ1) is 14.0. The highest BCUT2D eigenvalue weighted by atomic mass is 16.4. The van der Waals surface area contributed by atoms with Crippen molar-refractivity contribution in [3.8, 4) is 0 Å². The van der Waals surface area contributed by atoms with Gasteiger partial charge < -0.3 is 4.42 Å². The zero-order chi connectivity index (χ0) is 16.1. The number of aryl methyl sites for hydroxylation is 1.